The summed E-state index contributed by atoms with van der Waals surface area (Å²) in [5.41, 5.74) is 11.1. The summed E-state index contributed by atoms with van der Waals surface area (Å²) in [4.78, 5) is 15.2. The van der Waals surface area contributed by atoms with Crippen LogP contribution in [0, 0.1) is 5.41 Å². The molecular weight excluding hydrogens is 410 g/mol. The van der Waals surface area contributed by atoms with Crippen LogP contribution in [0.3, 0.4) is 0 Å². The van der Waals surface area contributed by atoms with Crippen molar-refractivity contribution in [3.8, 4) is 11.1 Å². The first-order valence-corrected chi connectivity index (χ1v) is 10.4. The molecule has 0 saturated carbocycles. The third-order valence-corrected chi connectivity index (χ3v) is 5.88. The van der Waals surface area contributed by atoms with E-state index in [2.05, 4.69) is 11.9 Å². The quantitative estimate of drug-likeness (QED) is 0.222. The number of amidine groups is 1. The maximum absolute atomic E-state index is 11.9. The van der Waals surface area contributed by atoms with Gasteiger partial charge in [0.2, 0.25) is 0 Å². The smallest absolute Gasteiger partial charge is 0.336 e. The lowest BCUT2D eigenvalue weighted by molar-refractivity contribution is 0.0697. The molecule has 156 valence electrons. The van der Waals surface area contributed by atoms with Crippen molar-refractivity contribution in [3.05, 3.63) is 94.1 Å². The molecule has 0 aliphatic heterocycles. The second-order valence-corrected chi connectivity index (χ2v) is 7.90. The minimum absolute atomic E-state index is 0.0272. The van der Waals surface area contributed by atoms with Gasteiger partial charge in [-0.15, -0.1) is 0 Å². The first-order valence-electron chi connectivity index (χ1n) is 9.98. The highest BCUT2D eigenvalue weighted by Crippen LogP contribution is 2.39. The first-order chi connectivity index (χ1) is 14.9. The Labute approximate surface area is 185 Å². The molecule has 0 radical (unpaired) electrons. The predicted octanol–water partition coefficient (Wildman–Crippen LogP) is 6.01. The second-order valence-electron chi connectivity index (χ2n) is 7.46. The number of carboxylic acid groups (broad SMARTS) is 1. The Morgan fingerprint density at radius 1 is 1.10 bits per heavy atom. The Kier molecular flexibility index (Phi) is 5.53. The summed E-state index contributed by atoms with van der Waals surface area (Å²) in [7, 11) is 0. The first kappa shape index (κ1) is 20.7. The lowest BCUT2D eigenvalue weighted by atomic mass is 9.83. The molecule has 5 nitrogen and oxygen atoms in total. The van der Waals surface area contributed by atoms with Crippen molar-refractivity contribution >= 4 is 34.3 Å². The molecule has 0 saturated heterocycles. The van der Waals surface area contributed by atoms with E-state index >= 15 is 0 Å². The number of aromatic nitrogens is 1. The summed E-state index contributed by atoms with van der Waals surface area (Å²) in [5, 5.41) is 18.9. The Morgan fingerprint density at radius 2 is 1.87 bits per heavy atom. The van der Waals surface area contributed by atoms with Crippen LogP contribution in [0.5, 0.6) is 0 Å². The van der Waals surface area contributed by atoms with Gasteiger partial charge >= 0.3 is 5.97 Å². The van der Waals surface area contributed by atoms with E-state index in [1.165, 1.54) is 6.07 Å². The van der Waals surface area contributed by atoms with E-state index < -0.39 is 5.97 Å². The topological polar surface area (TPSA) is 103 Å². The minimum atomic E-state index is -1.01. The average molecular weight is 432 g/mol. The summed E-state index contributed by atoms with van der Waals surface area (Å²) in [6.07, 6.45) is 2.81. The molecule has 1 atom stereocenters. The monoisotopic (exact) mass is 431 g/mol. The van der Waals surface area contributed by atoms with Crippen LogP contribution in [0.4, 0.5) is 0 Å². The number of fused-ring (bicyclic) bond motifs is 1. The summed E-state index contributed by atoms with van der Waals surface area (Å²) >= 11 is 6.07. The zero-order valence-corrected chi connectivity index (χ0v) is 17.7. The fourth-order valence-corrected chi connectivity index (χ4v) is 4.36. The SMILES string of the molecule is CCC(c1ccccc1-c1ccc(Cl)cc1C(=O)O)c1c[nH]c2cc(C(=N)N)ccc12. The van der Waals surface area contributed by atoms with Gasteiger partial charge in [0.15, 0.2) is 0 Å². The minimum Gasteiger partial charge on any atom is -0.478 e. The van der Waals surface area contributed by atoms with Crippen LogP contribution in [-0.4, -0.2) is 21.9 Å². The number of aromatic amines is 1. The number of halogens is 1. The molecule has 1 unspecified atom stereocenters. The molecule has 0 aliphatic carbocycles. The molecule has 4 rings (SSSR count). The molecule has 0 amide bonds. The number of aromatic carboxylic acids is 1. The summed E-state index contributed by atoms with van der Waals surface area (Å²) in [6.45, 7) is 2.12. The van der Waals surface area contributed by atoms with Gasteiger partial charge in [-0.25, -0.2) is 4.79 Å². The van der Waals surface area contributed by atoms with Gasteiger partial charge in [0.05, 0.1) is 5.56 Å². The third-order valence-electron chi connectivity index (χ3n) is 5.65. The lowest BCUT2D eigenvalue weighted by Crippen LogP contribution is -2.10. The van der Waals surface area contributed by atoms with Gasteiger partial charge in [-0.2, -0.15) is 0 Å². The fourth-order valence-electron chi connectivity index (χ4n) is 4.19. The van der Waals surface area contributed by atoms with Crippen molar-refractivity contribution in [1.82, 2.24) is 4.98 Å². The van der Waals surface area contributed by atoms with Crippen molar-refractivity contribution in [2.45, 2.75) is 19.3 Å². The van der Waals surface area contributed by atoms with Gasteiger partial charge in [0, 0.05) is 33.6 Å². The molecule has 5 N–H and O–H groups in total. The maximum atomic E-state index is 11.9. The maximum Gasteiger partial charge on any atom is 0.336 e. The van der Waals surface area contributed by atoms with Crippen LogP contribution >= 0.6 is 11.6 Å². The van der Waals surface area contributed by atoms with Crippen molar-refractivity contribution in [2.75, 3.05) is 0 Å². The number of nitrogens with two attached hydrogens (primary N) is 1. The molecule has 6 heteroatoms. The fraction of sp³-hybridized carbons (Fsp3) is 0.120. The van der Waals surface area contributed by atoms with Gasteiger partial charge in [0.1, 0.15) is 5.84 Å². The van der Waals surface area contributed by atoms with E-state index in [9.17, 15) is 9.90 Å². The molecule has 1 aromatic heterocycles. The number of nitrogens with one attached hydrogen (secondary N) is 2. The van der Waals surface area contributed by atoms with E-state index in [4.69, 9.17) is 22.7 Å². The van der Waals surface area contributed by atoms with Gasteiger partial charge < -0.3 is 15.8 Å². The highest BCUT2D eigenvalue weighted by Gasteiger charge is 2.22. The average Bonchev–Trinajstić information content (AvgIpc) is 3.18. The summed E-state index contributed by atoms with van der Waals surface area (Å²) < 4.78 is 0. The van der Waals surface area contributed by atoms with Gasteiger partial charge in [-0.1, -0.05) is 61.0 Å². The van der Waals surface area contributed by atoms with Crippen molar-refractivity contribution in [1.29, 1.82) is 5.41 Å². The van der Waals surface area contributed by atoms with E-state index in [-0.39, 0.29) is 17.3 Å². The number of benzene rings is 3. The Balaban J connectivity index is 1.89. The second kappa shape index (κ2) is 8.28. The van der Waals surface area contributed by atoms with Gasteiger partial charge in [0.25, 0.3) is 0 Å². The Hall–Kier alpha value is -3.57. The van der Waals surface area contributed by atoms with E-state index in [1.54, 1.807) is 12.1 Å². The number of H-pyrrole nitrogens is 1. The molecular formula is C25H22ClN3O2. The molecule has 3 aromatic carbocycles. The molecule has 0 bridgehead atoms. The normalized spacial score (nSPS) is 12.1. The molecule has 0 fully saturated rings. The van der Waals surface area contributed by atoms with E-state index in [0.717, 1.165) is 34.0 Å². The lowest BCUT2D eigenvalue weighted by Gasteiger charge is -2.20. The highest BCUT2D eigenvalue weighted by atomic mass is 35.5. The standard InChI is InChI=1S/C25H22ClN3O2/c1-2-16(22-13-29-23-11-14(24(27)28)7-9-20(22)23)17-5-3-4-6-18(17)19-10-8-15(26)12-21(19)25(30)31/h3-13,16,29H,2H2,1H3,(H3,27,28)(H,30,31). The third kappa shape index (κ3) is 3.80. The number of carboxylic acids is 1. The molecule has 4 aromatic rings. The van der Waals surface area contributed by atoms with Crippen LogP contribution < -0.4 is 5.73 Å². The van der Waals surface area contributed by atoms with Crippen LogP contribution in [0.15, 0.2) is 66.9 Å². The molecule has 31 heavy (non-hydrogen) atoms. The summed E-state index contributed by atoms with van der Waals surface area (Å²) in [5.74, 6) is -0.936. The van der Waals surface area contributed by atoms with Crippen LogP contribution in [0.1, 0.15) is 46.3 Å². The van der Waals surface area contributed by atoms with Gasteiger partial charge in [-0.3, -0.25) is 5.41 Å². The van der Waals surface area contributed by atoms with E-state index in [0.29, 0.717) is 16.1 Å². The number of hydrogen-bond acceptors (Lipinski definition) is 2. The number of hydrogen-bond donors (Lipinski definition) is 4. The van der Waals surface area contributed by atoms with Crippen LogP contribution in [0.25, 0.3) is 22.0 Å². The Bertz CT molecular complexity index is 1310. The predicted molar refractivity (Wildman–Crippen MR) is 125 cm³/mol. The zero-order valence-electron chi connectivity index (χ0n) is 16.9. The van der Waals surface area contributed by atoms with Crippen molar-refractivity contribution in [3.63, 3.8) is 0 Å². The van der Waals surface area contributed by atoms with Crippen LogP contribution in [0.2, 0.25) is 5.02 Å². The van der Waals surface area contributed by atoms with Crippen LogP contribution in [-0.2, 0) is 0 Å². The largest absolute Gasteiger partial charge is 0.478 e. The number of nitrogen functional groups attached to an aromatic ring is 1. The number of rotatable bonds is 6. The van der Waals surface area contributed by atoms with Crippen molar-refractivity contribution < 1.29 is 9.90 Å². The molecule has 0 spiro atoms. The molecule has 0 aliphatic rings. The zero-order chi connectivity index (χ0) is 22.1. The molecule has 1 heterocycles. The highest BCUT2D eigenvalue weighted by molar-refractivity contribution is 6.31. The van der Waals surface area contributed by atoms with Gasteiger partial charge in [-0.05, 0) is 46.9 Å². The van der Waals surface area contributed by atoms with Crippen molar-refractivity contribution in [2.24, 2.45) is 5.73 Å². The Morgan fingerprint density at radius 3 is 2.58 bits per heavy atom. The van der Waals surface area contributed by atoms with E-state index in [1.807, 2.05) is 48.7 Å². The summed E-state index contributed by atoms with van der Waals surface area (Å²) in [6, 6.07) is 18.6. The number of carbonyl (C=O) groups is 1.